The van der Waals surface area contributed by atoms with Gasteiger partial charge in [0.1, 0.15) is 5.82 Å². The number of hydrogen-bond acceptors (Lipinski definition) is 4. The fourth-order valence-electron chi connectivity index (χ4n) is 2.41. The minimum atomic E-state index is -4.04. The summed E-state index contributed by atoms with van der Waals surface area (Å²) in [6.07, 6.45) is 1.40. The summed E-state index contributed by atoms with van der Waals surface area (Å²) in [4.78, 5) is 12.2. The molecule has 2 rings (SSSR count). The van der Waals surface area contributed by atoms with Crippen molar-refractivity contribution in [3.8, 4) is 0 Å². The standard InChI is InChI=1S/C19H24FN3O3S.ClH/c1-3-19(21,4-2)13-22-18(24)14-8-7-9-15(12-14)27(25,26)23-17-11-6-5-10-16(17)20;/h5-12,23H,3-4,13,21H2,1-2H3,(H,22,24);1H. The molecule has 28 heavy (non-hydrogen) atoms. The van der Waals surface area contributed by atoms with Crippen molar-refractivity contribution in [2.24, 2.45) is 5.73 Å². The number of hydrogen-bond donors (Lipinski definition) is 3. The van der Waals surface area contributed by atoms with E-state index in [1.165, 1.54) is 42.5 Å². The van der Waals surface area contributed by atoms with Crippen molar-refractivity contribution in [3.05, 3.63) is 59.9 Å². The molecule has 1 amide bonds. The fraction of sp³-hybridized carbons (Fsp3) is 0.316. The van der Waals surface area contributed by atoms with Crippen molar-refractivity contribution >= 4 is 34.0 Å². The molecule has 0 atom stereocenters. The Morgan fingerprint density at radius 2 is 1.75 bits per heavy atom. The Labute approximate surface area is 171 Å². The Bertz CT molecular complexity index is 918. The predicted molar refractivity (Wildman–Crippen MR) is 111 cm³/mol. The number of rotatable bonds is 8. The highest BCUT2D eigenvalue weighted by Crippen LogP contribution is 2.19. The molecule has 154 valence electrons. The van der Waals surface area contributed by atoms with Crippen molar-refractivity contribution < 1.29 is 17.6 Å². The van der Waals surface area contributed by atoms with E-state index in [0.717, 1.165) is 6.07 Å². The van der Waals surface area contributed by atoms with Crippen LogP contribution in [-0.4, -0.2) is 26.4 Å². The van der Waals surface area contributed by atoms with E-state index in [9.17, 15) is 17.6 Å². The zero-order valence-electron chi connectivity index (χ0n) is 15.7. The quantitative estimate of drug-likeness (QED) is 0.599. The molecule has 0 heterocycles. The average molecular weight is 430 g/mol. The number of nitrogens with two attached hydrogens (primary N) is 1. The molecule has 0 aliphatic carbocycles. The second kappa shape index (κ2) is 9.86. The average Bonchev–Trinajstić information content (AvgIpc) is 2.67. The number of halogens is 2. The monoisotopic (exact) mass is 429 g/mol. The van der Waals surface area contributed by atoms with E-state index in [0.29, 0.717) is 12.8 Å². The van der Waals surface area contributed by atoms with Crippen molar-refractivity contribution in [2.75, 3.05) is 11.3 Å². The topological polar surface area (TPSA) is 101 Å². The molecule has 9 heteroatoms. The summed E-state index contributed by atoms with van der Waals surface area (Å²) >= 11 is 0. The van der Waals surface area contributed by atoms with Crippen LogP contribution in [0.3, 0.4) is 0 Å². The molecular weight excluding hydrogens is 405 g/mol. The number of sulfonamides is 1. The second-order valence-electron chi connectivity index (χ2n) is 6.37. The number of amides is 1. The number of nitrogens with one attached hydrogen (secondary N) is 2. The van der Waals surface area contributed by atoms with Gasteiger partial charge in [0.05, 0.1) is 10.6 Å². The number of benzene rings is 2. The maximum Gasteiger partial charge on any atom is 0.262 e. The molecule has 4 N–H and O–H groups in total. The highest BCUT2D eigenvalue weighted by atomic mass is 35.5. The van der Waals surface area contributed by atoms with Gasteiger partial charge in [0.2, 0.25) is 0 Å². The van der Waals surface area contributed by atoms with Crippen LogP contribution >= 0.6 is 12.4 Å². The molecule has 6 nitrogen and oxygen atoms in total. The first-order valence-electron chi connectivity index (χ1n) is 8.65. The molecule has 0 aromatic heterocycles. The van der Waals surface area contributed by atoms with Crippen molar-refractivity contribution in [1.29, 1.82) is 0 Å². The van der Waals surface area contributed by atoms with Gasteiger partial charge in [-0.05, 0) is 43.2 Å². The maximum absolute atomic E-state index is 13.7. The molecular formula is C19H25ClFN3O3S. The summed E-state index contributed by atoms with van der Waals surface area (Å²) in [6.45, 7) is 4.16. The summed E-state index contributed by atoms with van der Waals surface area (Å²) in [5, 5.41) is 2.74. The molecule has 0 saturated heterocycles. The third-order valence-electron chi connectivity index (χ3n) is 4.53. The maximum atomic E-state index is 13.7. The molecule has 2 aromatic rings. The second-order valence-corrected chi connectivity index (χ2v) is 8.05. The molecule has 0 saturated carbocycles. The van der Waals surface area contributed by atoms with Crippen LogP contribution in [-0.2, 0) is 10.0 Å². The van der Waals surface area contributed by atoms with Crippen LogP contribution in [0.25, 0.3) is 0 Å². The van der Waals surface area contributed by atoms with Gasteiger partial charge in [-0.1, -0.05) is 32.0 Å². The van der Waals surface area contributed by atoms with Gasteiger partial charge in [-0.2, -0.15) is 0 Å². The largest absolute Gasteiger partial charge is 0.350 e. The molecule has 0 spiro atoms. The summed E-state index contributed by atoms with van der Waals surface area (Å²) < 4.78 is 40.9. The van der Waals surface area contributed by atoms with E-state index in [4.69, 9.17) is 5.73 Å². The first-order valence-corrected chi connectivity index (χ1v) is 10.1. The number of anilines is 1. The van der Waals surface area contributed by atoms with Crippen LogP contribution in [0.2, 0.25) is 0 Å². The highest BCUT2D eigenvalue weighted by molar-refractivity contribution is 7.92. The number of carbonyl (C=O) groups is 1. The van der Waals surface area contributed by atoms with Gasteiger partial charge >= 0.3 is 0 Å². The van der Waals surface area contributed by atoms with Crippen LogP contribution in [0.15, 0.2) is 53.4 Å². The van der Waals surface area contributed by atoms with Crippen LogP contribution in [0.1, 0.15) is 37.0 Å². The number of carbonyl (C=O) groups excluding carboxylic acids is 1. The summed E-state index contributed by atoms with van der Waals surface area (Å²) in [6, 6.07) is 11.0. The Hall–Kier alpha value is -2.16. The van der Waals surface area contributed by atoms with Gasteiger partial charge in [-0.15, -0.1) is 12.4 Å². The molecule has 0 radical (unpaired) electrons. The van der Waals surface area contributed by atoms with E-state index >= 15 is 0 Å². The van der Waals surface area contributed by atoms with Crippen molar-refractivity contribution in [3.63, 3.8) is 0 Å². The molecule has 0 aliphatic rings. The minimum Gasteiger partial charge on any atom is -0.350 e. The van der Waals surface area contributed by atoms with Crippen LogP contribution < -0.4 is 15.8 Å². The fourth-order valence-corrected chi connectivity index (χ4v) is 3.52. The molecule has 0 fully saturated rings. The van der Waals surface area contributed by atoms with E-state index < -0.39 is 27.3 Å². The Morgan fingerprint density at radius 1 is 1.11 bits per heavy atom. The van der Waals surface area contributed by atoms with Gasteiger partial charge in [0.15, 0.2) is 0 Å². The first-order chi connectivity index (χ1) is 12.7. The van der Waals surface area contributed by atoms with E-state index in [-0.39, 0.29) is 35.1 Å². The van der Waals surface area contributed by atoms with Crippen LogP contribution in [0, 0.1) is 5.82 Å². The zero-order chi connectivity index (χ0) is 20.1. The predicted octanol–water partition coefficient (Wildman–Crippen LogP) is 3.30. The van der Waals surface area contributed by atoms with E-state index in [1.807, 2.05) is 13.8 Å². The Kier molecular flexibility index (Phi) is 8.41. The lowest BCUT2D eigenvalue weighted by Gasteiger charge is -2.26. The summed E-state index contributed by atoms with van der Waals surface area (Å²) in [5.41, 5.74) is 5.68. The summed E-state index contributed by atoms with van der Waals surface area (Å²) in [5.74, 6) is -1.11. The Balaban J connectivity index is 0.00000392. The first kappa shape index (κ1) is 23.9. The van der Waals surface area contributed by atoms with Gasteiger partial charge in [0.25, 0.3) is 15.9 Å². The van der Waals surface area contributed by atoms with E-state index in [1.54, 1.807) is 0 Å². The Morgan fingerprint density at radius 3 is 2.36 bits per heavy atom. The normalized spacial score (nSPS) is 11.4. The van der Waals surface area contributed by atoms with E-state index in [2.05, 4.69) is 10.0 Å². The minimum absolute atomic E-state index is 0. The molecule has 0 aliphatic heterocycles. The van der Waals surface area contributed by atoms with Crippen LogP contribution in [0.5, 0.6) is 0 Å². The molecule has 2 aromatic carbocycles. The highest BCUT2D eigenvalue weighted by Gasteiger charge is 2.22. The lowest BCUT2D eigenvalue weighted by molar-refractivity contribution is 0.0942. The smallest absolute Gasteiger partial charge is 0.262 e. The zero-order valence-corrected chi connectivity index (χ0v) is 17.4. The molecule has 0 bridgehead atoms. The van der Waals surface area contributed by atoms with Crippen molar-refractivity contribution in [2.45, 2.75) is 37.1 Å². The third kappa shape index (κ3) is 5.92. The lowest BCUT2D eigenvalue weighted by Crippen LogP contribution is -2.49. The van der Waals surface area contributed by atoms with Gasteiger partial charge < -0.3 is 11.1 Å². The SMILES string of the molecule is CCC(N)(CC)CNC(=O)c1cccc(S(=O)(=O)Nc2ccccc2F)c1.Cl. The summed E-state index contributed by atoms with van der Waals surface area (Å²) in [7, 11) is -4.04. The van der Waals surface area contributed by atoms with Gasteiger partial charge in [-0.3, -0.25) is 9.52 Å². The number of para-hydroxylation sites is 1. The van der Waals surface area contributed by atoms with Gasteiger partial charge in [0, 0.05) is 17.6 Å². The van der Waals surface area contributed by atoms with Gasteiger partial charge in [-0.25, -0.2) is 12.8 Å². The van der Waals surface area contributed by atoms with Crippen LogP contribution in [0.4, 0.5) is 10.1 Å². The third-order valence-corrected chi connectivity index (χ3v) is 5.90. The van der Waals surface area contributed by atoms with Crippen molar-refractivity contribution in [1.82, 2.24) is 5.32 Å². The molecule has 0 unspecified atom stereocenters. The lowest BCUT2D eigenvalue weighted by atomic mass is 9.94.